The molecule has 1 spiro atoms. The SMILES string of the molecule is COc1ccc2c(c1O)OC1(CCCC1)C1=C2CCC1. The van der Waals surface area contributed by atoms with Gasteiger partial charge < -0.3 is 14.6 Å². The first kappa shape index (κ1) is 12.1. The van der Waals surface area contributed by atoms with Gasteiger partial charge in [-0.15, -0.1) is 0 Å². The fourth-order valence-corrected chi connectivity index (χ4v) is 4.21. The van der Waals surface area contributed by atoms with Gasteiger partial charge in [-0.1, -0.05) is 0 Å². The molecule has 1 fully saturated rings. The monoisotopic (exact) mass is 272 g/mol. The number of hydrogen-bond donors (Lipinski definition) is 1. The highest BCUT2D eigenvalue weighted by atomic mass is 16.5. The number of methoxy groups -OCH3 is 1. The van der Waals surface area contributed by atoms with Gasteiger partial charge in [0.15, 0.2) is 11.5 Å². The van der Waals surface area contributed by atoms with Gasteiger partial charge in [-0.3, -0.25) is 0 Å². The first-order chi connectivity index (χ1) is 9.75. The highest BCUT2D eigenvalue weighted by molar-refractivity contribution is 5.81. The predicted octanol–water partition coefficient (Wildman–Crippen LogP) is 4.04. The fourth-order valence-electron chi connectivity index (χ4n) is 4.21. The topological polar surface area (TPSA) is 38.7 Å². The van der Waals surface area contributed by atoms with Crippen molar-refractivity contribution in [3.63, 3.8) is 0 Å². The Balaban J connectivity index is 1.92. The van der Waals surface area contributed by atoms with Crippen molar-refractivity contribution in [3.8, 4) is 17.2 Å². The summed E-state index contributed by atoms with van der Waals surface area (Å²) < 4.78 is 11.6. The molecule has 1 aromatic rings. The Labute approximate surface area is 119 Å². The van der Waals surface area contributed by atoms with Crippen molar-refractivity contribution in [2.75, 3.05) is 7.11 Å². The van der Waals surface area contributed by atoms with Crippen LogP contribution in [0, 0.1) is 0 Å². The van der Waals surface area contributed by atoms with Gasteiger partial charge in [-0.25, -0.2) is 0 Å². The summed E-state index contributed by atoms with van der Waals surface area (Å²) in [7, 11) is 1.58. The molecule has 0 amide bonds. The van der Waals surface area contributed by atoms with Crippen LogP contribution in [0.3, 0.4) is 0 Å². The molecule has 4 rings (SSSR count). The molecule has 0 aromatic heterocycles. The molecule has 106 valence electrons. The number of allylic oxidation sites excluding steroid dienone is 1. The van der Waals surface area contributed by atoms with E-state index in [1.807, 2.05) is 12.1 Å². The Kier molecular flexibility index (Phi) is 2.53. The molecule has 0 atom stereocenters. The van der Waals surface area contributed by atoms with Crippen molar-refractivity contribution in [1.82, 2.24) is 0 Å². The normalized spacial score (nSPS) is 22.6. The van der Waals surface area contributed by atoms with E-state index in [0.717, 1.165) is 31.2 Å². The van der Waals surface area contributed by atoms with Crippen LogP contribution in [0.4, 0.5) is 0 Å². The molecule has 1 aromatic carbocycles. The molecule has 20 heavy (non-hydrogen) atoms. The molecule has 0 bridgehead atoms. The van der Waals surface area contributed by atoms with Crippen molar-refractivity contribution in [3.05, 3.63) is 23.3 Å². The number of phenolic OH excluding ortho intramolecular Hbond substituents is 1. The summed E-state index contributed by atoms with van der Waals surface area (Å²) in [6, 6.07) is 3.88. The van der Waals surface area contributed by atoms with Crippen molar-refractivity contribution in [2.45, 2.75) is 50.5 Å². The Morgan fingerprint density at radius 1 is 1.15 bits per heavy atom. The number of benzene rings is 1. The molecule has 1 aliphatic heterocycles. The van der Waals surface area contributed by atoms with Gasteiger partial charge in [0.25, 0.3) is 0 Å². The maximum Gasteiger partial charge on any atom is 0.201 e. The zero-order valence-corrected chi connectivity index (χ0v) is 11.9. The summed E-state index contributed by atoms with van der Waals surface area (Å²) in [4.78, 5) is 0. The van der Waals surface area contributed by atoms with Crippen LogP contribution in [0.5, 0.6) is 17.2 Å². The van der Waals surface area contributed by atoms with Crippen molar-refractivity contribution in [2.24, 2.45) is 0 Å². The van der Waals surface area contributed by atoms with E-state index in [4.69, 9.17) is 9.47 Å². The van der Waals surface area contributed by atoms with Gasteiger partial charge >= 0.3 is 0 Å². The second-order valence-electron chi connectivity index (χ2n) is 6.11. The minimum absolute atomic E-state index is 0.136. The molecular formula is C17H20O3. The lowest BCUT2D eigenvalue weighted by Gasteiger charge is -2.38. The van der Waals surface area contributed by atoms with Crippen LogP contribution < -0.4 is 9.47 Å². The summed E-state index contributed by atoms with van der Waals surface area (Å²) in [5.74, 6) is 1.31. The Morgan fingerprint density at radius 3 is 2.70 bits per heavy atom. The van der Waals surface area contributed by atoms with Crippen LogP contribution in [0.15, 0.2) is 17.7 Å². The average Bonchev–Trinajstić information content (AvgIpc) is 3.10. The smallest absolute Gasteiger partial charge is 0.201 e. The van der Waals surface area contributed by atoms with E-state index in [-0.39, 0.29) is 11.4 Å². The van der Waals surface area contributed by atoms with E-state index in [2.05, 4.69) is 0 Å². The van der Waals surface area contributed by atoms with Gasteiger partial charge in [-0.05, 0) is 68.2 Å². The third-order valence-electron chi connectivity index (χ3n) is 5.12. The minimum atomic E-state index is -0.136. The lowest BCUT2D eigenvalue weighted by Crippen LogP contribution is -2.37. The summed E-state index contributed by atoms with van der Waals surface area (Å²) in [5, 5.41) is 10.4. The van der Waals surface area contributed by atoms with Gasteiger partial charge in [0.1, 0.15) is 5.60 Å². The zero-order chi connectivity index (χ0) is 13.7. The standard InChI is InChI=1S/C17H20O3/c1-19-14-8-7-12-11-5-4-6-13(11)17(9-2-3-10-17)20-16(12)15(14)18/h7-8,18H,2-6,9-10H2,1H3. The van der Waals surface area contributed by atoms with Crippen LogP contribution in [0.2, 0.25) is 0 Å². The number of fused-ring (bicyclic) bond motifs is 3. The van der Waals surface area contributed by atoms with Crippen LogP contribution in [0.25, 0.3) is 5.57 Å². The van der Waals surface area contributed by atoms with Gasteiger partial charge in [0.05, 0.1) is 7.11 Å². The minimum Gasteiger partial charge on any atom is -0.502 e. The lowest BCUT2D eigenvalue weighted by molar-refractivity contribution is 0.104. The summed E-state index contributed by atoms with van der Waals surface area (Å²) >= 11 is 0. The number of rotatable bonds is 1. The molecule has 2 aliphatic carbocycles. The number of ether oxygens (including phenoxy) is 2. The third kappa shape index (κ3) is 1.46. The maximum atomic E-state index is 10.4. The molecule has 0 unspecified atom stereocenters. The van der Waals surface area contributed by atoms with Gasteiger partial charge in [-0.2, -0.15) is 0 Å². The predicted molar refractivity (Wildman–Crippen MR) is 77.3 cm³/mol. The number of hydrogen-bond acceptors (Lipinski definition) is 3. The molecular weight excluding hydrogens is 252 g/mol. The summed E-state index contributed by atoms with van der Waals surface area (Å²) in [6.07, 6.45) is 8.08. The Bertz CT molecular complexity index is 594. The Hall–Kier alpha value is -1.64. The average molecular weight is 272 g/mol. The number of phenols is 1. The molecule has 1 heterocycles. The van der Waals surface area contributed by atoms with E-state index in [1.54, 1.807) is 7.11 Å². The van der Waals surface area contributed by atoms with Crippen molar-refractivity contribution in [1.29, 1.82) is 0 Å². The molecule has 0 saturated heterocycles. The van der Waals surface area contributed by atoms with Crippen molar-refractivity contribution < 1.29 is 14.6 Å². The van der Waals surface area contributed by atoms with Crippen LogP contribution in [-0.4, -0.2) is 17.8 Å². The first-order valence-electron chi connectivity index (χ1n) is 7.57. The molecule has 3 aliphatic rings. The first-order valence-corrected chi connectivity index (χ1v) is 7.57. The molecule has 1 N–H and O–H groups in total. The highest BCUT2D eigenvalue weighted by Gasteiger charge is 2.46. The van der Waals surface area contributed by atoms with Gasteiger partial charge in [0.2, 0.25) is 5.75 Å². The van der Waals surface area contributed by atoms with E-state index in [1.165, 1.54) is 30.4 Å². The number of aromatic hydroxyl groups is 1. The Morgan fingerprint density at radius 2 is 1.95 bits per heavy atom. The second-order valence-corrected chi connectivity index (χ2v) is 6.11. The molecule has 0 radical (unpaired) electrons. The molecule has 1 saturated carbocycles. The lowest BCUT2D eigenvalue weighted by atomic mass is 9.84. The second kappa shape index (κ2) is 4.18. The maximum absolute atomic E-state index is 10.4. The zero-order valence-electron chi connectivity index (χ0n) is 11.9. The van der Waals surface area contributed by atoms with E-state index >= 15 is 0 Å². The third-order valence-corrected chi connectivity index (χ3v) is 5.12. The van der Waals surface area contributed by atoms with Crippen LogP contribution in [0.1, 0.15) is 50.5 Å². The summed E-state index contributed by atoms with van der Waals surface area (Å²) in [5.41, 5.74) is 3.87. The highest BCUT2D eigenvalue weighted by Crippen LogP contribution is 2.57. The van der Waals surface area contributed by atoms with Crippen LogP contribution in [-0.2, 0) is 0 Å². The molecule has 3 heteroatoms. The van der Waals surface area contributed by atoms with Crippen molar-refractivity contribution >= 4 is 5.57 Å². The largest absolute Gasteiger partial charge is 0.502 e. The quantitative estimate of drug-likeness (QED) is 0.838. The molecule has 3 nitrogen and oxygen atoms in total. The van der Waals surface area contributed by atoms with E-state index in [9.17, 15) is 5.11 Å². The fraction of sp³-hybridized carbons (Fsp3) is 0.529. The van der Waals surface area contributed by atoms with Crippen LogP contribution >= 0.6 is 0 Å². The summed E-state index contributed by atoms with van der Waals surface area (Å²) in [6.45, 7) is 0. The van der Waals surface area contributed by atoms with E-state index < -0.39 is 0 Å². The van der Waals surface area contributed by atoms with E-state index in [0.29, 0.717) is 11.5 Å². The van der Waals surface area contributed by atoms with Gasteiger partial charge in [0, 0.05) is 5.56 Å².